The molecule has 1 saturated carbocycles. The van der Waals surface area contributed by atoms with E-state index in [0.29, 0.717) is 26.5 Å². The molecule has 1 saturated heterocycles. The van der Waals surface area contributed by atoms with E-state index >= 15 is 0 Å². The van der Waals surface area contributed by atoms with Crippen LogP contribution in [0.5, 0.6) is 0 Å². The minimum atomic E-state index is -0.184. The summed E-state index contributed by atoms with van der Waals surface area (Å²) in [5.74, 6) is 0.140. The Hall–Kier alpha value is -1.88. The van der Waals surface area contributed by atoms with E-state index in [9.17, 15) is 4.79 Å². The highest BCUT2D eigenvalue weighted by Crippen LogP contribution is 2.68. The maximum Gasteiger partial charge on any atom is 0.263 e. The summed E-state index contributed by atoms with van der Waals surface area (Å²) in [4.78, 5) is 19.0. The first kappa shape index (κ1) is 24.8. The summed E-state index contributed by atoms with van der Waals surface area (Å²) in [5.41, 5.74) is 3.94. The van der Waals surface area contributed by atoms with Gasteiger partial charge in [-0.2, -0.15) is 0 Å². The molecule has 3 aliphatic rings. The number of rotatable bonds is 4. The fraction of sp³-hybridized carbons (Fsp3) is 0.448. The Labute approximate surface area is 224 Å². The van der Waals surface area contributed by atoms with Crippen LogP contribution < -0.4 is 4.90 Å². The van der Waals surface area contributed by atoms with Crippen LogP contribution in [0.25, 0.3) is 0 Å². The first-order chi connectivity index (χ1) is 16.7. The van der Waals surface area contributed by atoms with Crippen molar-refractivity contribution >= 4 is 52.0 Å². The standard InChI is InChI=1S/C29H32Cl2N2OS/c1-28(2)21-14-15-29(28,3)25(32-16-8-5-9-17-32)24(21)27(35)33(20-10-6-4-7-11-20)26(34)19-12-13-22(30)23(31)18-19/h4,6-7,10-13,18,21H,5,8-9,14-17H2,1-3H3/t21-,29+/m1/s1. The highest BCUT2D eigenvalue weighted by molar-refractivity contribution is 7.81. The molecule has 3 nitrogen and oxygen atoms in total. The predicted octanol–water partition coefficient (Wildman–Crippen LogP) is 8.16. The summed E-state index contributed by atoms with van der Waals surface area (Å²) >= 11 is 18.7. The molecular weight excluding hydrogens is 495 g/mol. The highest BCUT2D eigenvalue weighted by Gasteiger charge is 2.63. The van der Waals surface area contributed by atoms with Crippen molar-refractivity contribution in [1.82, 2.24) is 4.90 Å². The molecule has 0 radical (unpaired) electrons. The van der Waals surface area contributed by atoms with E-state index in [1.807, 2.05) is 30.3 Å². The first-order valence-electron chi connectivity index (χ1n) is 12.6. The molecule has 6 heteroatoms. The van der Waals surface area contributed by atoms with Crippen LogP contribution >= 0.6 is 35.4 Å². The number of anilines is 1. The Bertz CT molecular complexity index is 1200. The van der Waals surface area contributed by atoms with Crippen molar-refractivity contribution in [2.45, 2.75) is 52.9 Å². The van der Waals surface area contributed by atoms with Crippen molar-refractivity contribution in [3.05, 3.63) is 75.4 Å². The summed E-state index contributed by atoms with van der Waals surface area (Å²) in [6.07, 6.45) is 5.94. The van der Waals surface area contributed by atoms with Gasteiger partial charge in [0.25, 0.3) is 5.91 Å². The number of fused-ring (bicyclic) bond motifs is 2. The largest absolute Gasteiger partial charge is 0.374 e. The highest BCUT2D eigenvalue weighted by atomic mass is 35.5. The second-order valence-corrected chi connectivity index (χ2v) is 12.1. The Morgan fingerprint density at radius 1 is 1.00 bits per heavy atom. The van der Waals surface area contributed by atoms with E-state index in [1.54, 1.807) is 23.1 Å². The zero-order valence-electron chi connectivity index (χ0n) is 20.6. The van der Waals surface area contributed by atoms with Gasteiger partial charge in [-0.05, 0) is 73.8 Å². The zero-order valence-corrected chi connectivity index (χ0v) is 22.9. The number of halogens is 2. The number of carbonyl (C=O) groups is 1. The minimum Gasteiger partial charge on any atom is -0.374 e. The number of carbonyl (C=O) groups excluding carboxylic acids is 1. The van der Waals surface area contributed by atoms with Crippen LogP contribution in [0.4, 0.5) is 5.69 Å². The molecule has 1 aliphatic heterocycles. The molecule has 0 spiro atoms. The maximum absolute atomic E-state index is 14.0. The van der Waals surface area contributed by atoms with Crippen molar-refractivity contribution in [1.29, 1.82) is 0 Å². The third kappa shape index (κ3) is 3.93. The van der Waals surface area contributed by atoms with E-state index < -0.39 is 0 Å². The zero-order chi connectivity index (χ0) is 25.0. The second kappa shape index (κ2) is 9.21. The third-order valence-electron chi connectivity index (χ3n) is 8.84. The molecule has 1 amide bonds. The van der Waals surface area contributed by atoms with E-state index in [4.69, 9.17) is 35.4 Å². The van der Waals surface area contributed by atoms with Crippen molar-refractivity contribution in [3.63, 3.8) is 0 Å². The van der Waals surface area contributed by atoms with E-state index in [2.05, 4.69) is 25.7 Å². The molecule has 1 heterocycles. The van der Waals surface area contributed by atoms with Gasteiger partial charge in [-0.3, -0.25) is 9.69 Å². The van der Waals surface area contributed by atoms with Gasteiger partial charge in [0.05, 0.1) is 15.7 Å². The number of amides is 1. The van der Waals surface area contributed by atoms with Gasteiger partial charge in [-0.15, -0.1) is 0 Å². The van der Waals surface area contributed by atoms with Crippen LogP contribution in [0, 0.1) is 16.7 Å². The van der Waals surface area contributed by atoms with Gasteiger partial charge in [0.1, 0.15) is 4.99 Å². The number of hydrogen-bond acceptors (Lipinski definition) is 3. The Kier molecular flexibility index (Phi) is 6.52. The number of nitrogens with zero attached hydrogens (tertiary/aromatic N) is 2. The average molecular weight is 528 g/mol. The lowest BCUT2D eigenvalue weighted by molar-refractivity contribution is 0.100. The molecule has 2 atom stereocenters. The van der Waals surface area contributed by atoms with Gasteiger partial charge >= 0.3 is 0 Å². The molecule has 184 valence electrons. The summed E-state index contributed by atoms with van der Waals surface area (Å²) in [6.45, 7) is 9.31. The van der Waals surface area contributed by atoms with Gasteiger partial charge in [-0.1, -0.05) is 74.4 Å². The number of allylic oxidation sites excluding steroid dienone is 1. The van der Waals surface area contributed by atoms with E-state index in [0.717, 1.165) is 31.6 Å². The monoisotopic (exact) mass is 526 g/mol. The molecule has 2 fully saturated rings. The first-order valence-corrected chi connectivity index (χ1v) is 13.7. The average Bonchev–Trinajstić information content (AvgIpc) is 3.19. The summed E-state index contributed by atoms with van der Waals surface area (Å²) in [5, 5.41) is 0.785. The summed E-state index contributed by atoms with van der Waals surface area (Å²) < 4.78 is 0. The molecule has 0 unspecified atom stereocenters. The topological polar surface area (TPSA) is 23.6 Å². The lowest BCUT2D eigenvalue weighted by atomic mass is 9.69. The normalized spacial score (nSPS) is 25.2. The van der Waals surface area contributed by atoms with Gasteiger partial charge in [0.15, 0.2) is 0 Å². The molecule has 5 rings (SSSR count). The number of likely N-dealkylation sites (tertiary alicyclic amines) is 1. The second-order valence-electron chi connectivity index (χ2n) is 10.9. The maximum atomic E-state index is 14.0. The van der Waals surface area contributed by atoms with Crippen molar-refractivity contribution in [2.24, 2.45) is 16.7 Å². The number of hydrogen-bond donors (Lipinski definition) is 0. The molecule has 0 N–H and O–H groups in total. The molecular formula is C29H32Cl2N2OS. The Morgan fingerprint density at radius 3 is 2.34 bits per heavy atom. The van der Waals surface area contributed by atoms with E-state index in [1.165, 1.54) is 30.5 Å². The van der Waals surface area contributed by atoms with Crippen LogP contribution in [0.2, 0.25) is 10.0 Å². The van der Waals surface area contributed by atoms with Crippen LogP contribution in [0.15, 0.2) is 59.8 Å². The summed E-state index contributed by atoms with van der Waals surface area (Å²) in [7, 11) is 0. The Morgan fingerprint density at radius 2 is 1.69 bits per heavy atom. The van der Waals surface area contributed by atoms with Gasteiger partial charge < -0.3 is 4.90 Å². The lowest BCUT2D eigenvalue weighted by Gasteiger charge is -2.43. The molecule has 2 bridgehead atoms. The number of thiocarbonyl (C=S) groups is 1. The fourth-order valence-electron chi connectivity index (χ4n) is 6.56. The van der Waals surface area contributed by atoms with Gasteiger partial charge in [0.2, 0.25) is 0 Å². The molecule has 2 aliphatic carbocycles. The third-order valence-corrected chi connectivity index (χ3v) is 9.98. The van der Waals surface area contributed by atoms with Crippen LogP contribution in [0.1, 0.15) is 63.2 Å². The molecule has 35 heavy (non-hydrogen) atoms. The predicted molar refractivity (Wildman–Crippen MR) is 149 cm³/mol. The van der Waals surface area contributed by atoms with E-state index in [-0.39, 0.29) is 16.7 Å². The molecule has 2 aromatic carbocycles. The molecule has 0 aromatic heterocycles. The summed E-state index contributed by atoms with van der Waals surface area (Å²) in [6, 6.07) is 14.8. The minimum absolute atomic E-state index is 0.0450. The molecule has 2 aromatic rings. The fourth-order valence-corrected chi connectivity index (χ4v) is 7.29. The van der Waals surface area contributed by atoms with Crippen LogP contribution in [0.3, 0.4) is 0 Å². The van der Waals surface area contributed by atoms with Crippen molar-refractivity contribution < 1.29 is 4.79 Å². The lowest BCUT2D eigenvalue weighted by Crippen LogP contribution is -2.42. The number of benzene rings is 2. The van der Waals surface area contributed by atoms with Crippen molar-refractivity contribution in [3.8, 4) is 0 Å². The number of para-hydroxylation sites is 1. The quantitative estimate of drug-likeness (QED) is 0.375. The van der Waals surface area contributed by atoms with Gasteiger partial charge in [0, 0.05) is 35.3 Å². The Balaban J connectivity index is 1.65. The van der Waals surface area contributed by atoms with Crippen molar-refractivity contribution in [2.75, 3.05) is 18.0 Å². The smallest absolute Gasteiger partial charge is 0.263 e. The van der Waals surface area contributed by atoms with Gasteiger partial charge in [-0.25, -0.2) is 0 Å². The SMILES string of the molecule is CC1(C)[C@@H]2CC[C@@]1(C)C(N1CCCCC1)=C2C(=S)N(C(=O)c1ccc(Cl)c(Cl)c1)c1ccccc1. The van der Waals surface area contributed by atoms with Crippen LogP contribution in [-0.2, 0) is 0 Å². The number of piperidine rings is 1. The van der Waals surface area contributed by atoms with Crippen LogP contribution in [-0.4, -0.2) is 28.9 Å².